The molecule has 0 atom stereocenters. The first kappa shape index (κ1) is 14.3. The number of thiophene rings is 1. The van der Waals surface area contributed by atoms with Crippen molar-refractivity contribution in [1.29, 1.82) is 0 Å². The third-order valence-electron chi connectivity index (χ3n) is 3.60. The lowest BCUT2D eigenvalue weighted by atomic mass is 10.3. The summed E-state index contributed by atoms with van der Waals surface area (Å²) in [5, 5.41) is 12.9. The number of ether oxygens (including phenoxy) is 1. The SMILES string of the molecule is O=C(Oc1ccc(-n2cnnn2)cc1)c1cc2c(nc3sccn32)s1. The van der Waals surface area contributed by atoms with E-state index in [2.05, 4.69) is 20.5 Å². The van der Waals surface area contributed by atoms with Crippen LogP contribution in [0.5, 0.6) is 5.75 Å². The summed E-state index contributed by atoms with van der Waals surface area (Å²) in [5.41, 5.74) is 1.70. The summed E-state index contributed by atoms with van der Waals surface area (Å²) in [6.07, 6.45) is 3.43. The standard InChI is InChI=1S/C15H8N6O2S2/c22-14(12-7-11-13(25-12)17-15-20(11)5-6-24-15)23-10-3-1-9(2-4-10)21-8-16-18-19-21/h1-8H. The van der Waals surface area contributed by atoms with Gasteiger partial charge in [0.25, 0.3) is 0 Å². The first-order valence-electron chi connectivity index (χ1n) is 7.19. The highest BCUT2D eigenvalue weighted by molar-refractivity contribution is 7.21. The number of hydrogen-bond acceptors (Lipinski definition) is 8. The highest BCUT2D eigenvalue weighted by Gasteiger charge is 2.16. The lowest BCUT2D eigenvalue weighted by molar-refractivity contribution is 0.0740. The van der Waals surface area contributed by atoms with Gasteiger partial charge in [0.15, 0.2) is 4.96 Å². The van der Waals surface area contributed by atoms with Crippen LogP contribution in [0.1, 0.15) is 9.67 Å². The van der Waals surface area contributed by atoms with Gasteiger partial charge in [-0.3, -0.25) is 4.40 Å². The highest BCUT2D eigenvalue weighted by Crippen LogP contribution is 2.29. The average Bonchev–Trinajstić information content (AvgIpc) is 3.37. The molecule has 4 heterocycles. The molecule has 0 aliphatic carbocycles. The number of esters is 1. The zero-order chi connectivity index (χ0) is 16.8. The Hall–Kier alpha value is -3.11. The van der Waals surface area contributed by atoms with Crippen molar-refractivity contribution in [2.45, 2.75) is 0 Å². The van der Waals surface area contributed by atoms with Crippen molar-refractivity contribution in [1.82, 2.24) is 29.6 Å². The highest BCUT2D eigenvalue weighted by atomic mass is 32.1. The normalized spacial score (nSPS) is 11.4. The lowest BCUT2D eigenvalue weighted by Gasteiger charge is -2.04. The largest absolute Gasteiger partial charge is 0.422 e. The van der Waals surface area contributed by atoms with Crippen LogP contribution in [-0.4, -0.2) is 35.6 Å². The minimum Gasteiger partial charge on any atom is -0.422 e. The molecule has 122 valence electrons. The van der Waals surface area contributed by atoms with E-state index in [1.165, 1.54) is 22.3 Å². The van der Waals surface area contributed by atoms with Crippen LogP contribution in [0.25, 0.3) is 21.0 Å². The number of aromatic nitrogens is 6. The summed E-state index contributed by atoms with van der Waals surface area (Å²) in [7, 11) is 0. The van der Waals surface area contributed by atoms with Crippen LogP contribution >= 0.6 is 22.7 Å². The van der Waals surface area contributed by atoms with E-state index in [-0.39, 0.29) is 0 Å². The molecule has 10 heteroatoms. The molecule has 0 N–H and O–H groups in total. The van der Waals surface area contributed by atoms with E-state index in [0.29, 0.717) is 10.6 Å². The van der Waals surface area contributed by atoms with Crippen LogP contribution in [0.3, 0.4) is 0 Å². The van der Waals surface area contributed by atoms with E-state index < -0.39 is 5.97 Å². The summed E-state index contributed by atoms with van der Waals surface area (Å²) in [5.74, 6) is 0.0540. The zero-order valence-corrected chi connectivity index (χ0v) is 14.1. The summed E-state index contributed by atoms with van der Waals surface area (Å²) in [4.78, 5) is 19.1. The van der Waals surface area contributed by atoms with Gasteiger partial charge in [-0.15, -0.1) is 27.8 Å². The first-order valence-corrected chi connectivity index (χ1v) is 8.88. The maximum Gasteiger partial charge on any atom is 0.353 e. The second kappa shape index (κ2) is 5.46. The fraction of sp³-hybridized carbons (Fsp3) is 0. The topological polar surface area (TPSA) is 87.2 Å². The Balaban J connectivity index is 1.39. The first-order chi connectivity index (χ1) is 12.3. The Morgan fingerprint density at radius 1 is 1.20 bits per heavy atom. The minimum atomic E-state index is -0.401. The molecule has 4 aromatic heterocycles. The molecule has 0 unspecified atom stereocenters. The van der Waals surface area contributed by atoms with E-state index in [1.54, 1.807) is 35.6 Å². The number of tetrazole rings is 1. The second-order valence-corrected chi connectivity index (χ2v) is 7.01. The number of benzene rings is 1. The second-order valence-electron chi connectivity index (χ2n) is 5.11. The molecule has 0 aliphatic rings. The van der Waals surface area contributed by atoms with Gasteiger partial charge in [-0.2, -0.15) is 0 Å². The average molecular weight is 368 g/mol. The van der Waals surface area contributed by atoms with Crippen molar-refractivity contribution >= 4 is 44.0 Å². The Morgan fingerprint density at radius 2 is 2.08 bits per heavy atom. The van der Waals surface area contributed by atoms with E-state index >= 15 is 0 Å². The van der Waals surface area contributed by atoms with Gasteiger partial charge in [-0.1, -0.05) is 0 Å². The van der Waals surface area contributed by atoms with Crippen LogP contribution in [-0.2, 0) is 0 Å². The van der Waals surface area contributed by atoms with Crippen molar-refractivity contribution in [3.8, 4) is 11.4 Å². The number of thiazole rings is 1. The van der Waals surface area contributed by atoms with Gasteiger partial charge in [-0.25, -0.2) is 14.5 Å². The van der Waals surface area contributed by atoms with Crippen LogP contribution in [0, 0.1) is 0 Å². The molecular formula is C15H8N6O2S2. The number of nitrogens with zero attached hydrogens (tertiary/aromatic N) is 6. The number of rotatable bonds is 3. The Labute approximate surface area is 147 Å². The number of fused-ring (bicyclic) bond motifs is 3. The summed E-state index contributed by atoms with van der Waals surface area (Å²) >= 11 is 2.89. The molecule has 25 heavy (non-hydrogen) atoms. The summed E-state index contributed by atoms with van der Waals surface area (Å²) in [6.45, 7) is 0. The maximum absolute atomic E-state index is 12.4. The Kier molecular flexibility index (Phi) is 3.11. The maximum atomic E-state index is 12.4. The van der Waals surface area contributed by atoms with Crippen molar-refractivity contribution in [2.75, 3.05) is 0 Å². The fourth-order valence-electron chi connectivity index (χ4n) is 2.45. The predicted molar refractivity (Wildman–Crippen MR) is 92.6 cm³/mol. The molecular weight excluding hydrogens is 360 g/mol. The van der Waals surface area contributed by atoms with Crippen LogP contribution in [0.2, 0.25) is 0 Å². The summed E-state index contributed by atoms with van der Waals surface area (Å²) < 4.78 is 8.93. The van der Waals surface area contributed by atoms with Gasteiger partial charge in [0.2, 0.25) is 0 Å². The van der Waals surface area contributed by atoms with E-state index in [1.807, 2.05) is 22.0 Å². The van der Waals surface area contributed by atoms with Gasteiger partial charge in [-0.05, 0) is 40.8 Å². The molecule has 8 nitrogen and oxygen atoms in total. The molecule has 1 aromatic carbocycles. The van der Waals surface area contributed by atoms with E-state index in [0.717, 1.165) is 21.0 Å². The number of imidazole rings is 1. The van der Waals surface area contributed by atoms with E-state index in [9.17, 15) is 4.79 Å². The molecule has 5 rings (SSSR count). The monoisotopic (exact) mass is 368 g/mol. The van der Waals surface area contributed by atoms with Crippen molar-refractivity contribution in [2.24, 2.45) is 0 Å². The summed E-state index contributed by atoms with van der Waals surface area (Å²) in [6, 6.07) is 8.76. The Bertz CT molecular complexity index is 1190. The smallest absolute Gasteiger partial charge is 0.353 e. The van der Waals surface area contributed by atoms with Crippen molar-refractivity contribution in [3.05, 3.63) is 53.1 Å². The molecule has 0 bridgehead atoms. The van der Waals surface area contributed by atoms with Crippen LogP contribution in [0.15, 0.2) is 48.2 Å². The zero-order valence-electron chi connectivity index (χ0n) is 12.4. The third kappa shape index (κ3) is 2.39. The quantitative estimate of drug-likeness (QED) is 0.359. The molecule has 0 saturated carbocycles. The van der Waals surface area contributed by atoms with Crippen molar-refractivity contribution in [3.63, 3.8) is 0 Å². The van der Waals surface area contributed by atoms with Crippen molar-refractivity contribution < 1.29 is 9.53 Å². The molecule has 0 spiro atoms. The predicted octanol–water partition coefficient (Wildman–Crippen LogP) is 2.81. The minimum absolute atomic E-state index is 0.401. The molecule has 0 radical (unpaired) electrons. The van der Waals surface area contributed by atoms with Gasteiger partial charge in [0.1, 0.15) is 21.8 Å². The number of carbonyl (C=O) groups excluding carboxylic acids is 1. The molecule has 0 saturated heterocycles. The Morgan fingerprint density at radius 3 is 2.88 bits per heavy atom. The molecule has 0 amide bonds. The fourth-order valence-corrected chi connectivity index (χ4v) is 4.13. The van der Waals surface area contributed by atoms with Gasteiger partial charge in [0.05, 0.1) is 11.2 Å². The number of carbonyl (C=O) groups is 1. The third-order valence-corrected chi connectivity index (χ3v) is 5.36. The van der Waals surface area contributed by atoms with E-state index in [4.69, 9.17) is 4.74 Å². The van der Waals surface area contributed by atoms with Crippen LogP contribution in [0.4, 0.5) is 0 Å². The molecule has 0 aliphatic heterocycles. The van der Waals surface area contributed by atoms with Crippen LogP contribution < -0.4 is 4.74 Å². The molecule has 0 fully saturated rings. The van der Waals surface area contributed by atoms with Gasteiger partial charge in [0, 0.05) is 11.6 Å². The van der Waals surface area contributed by atoms with Gasteiger partial charge >= 0.3 is 5.97 Å². The van der Waals surface area contributed by atoms with Gasteiger partial charge < -0.3 is 4.74 Å². The molecule has 5 aromatic rings. The number of hydrogen-bond donors (Lipinski definition) is 0. The lowest BCUT2D eigenvalue weighted by Crippen LogP contribution is -2.06.